The fourth-order valence-electron chi connectivity index (χ4n) is 2.90. The van der Waals surface area contributed by atoms with E-state index in [2.05, 4.69) is 25.5 Å². The first kappa shape index (κ1) is 22.2. The van der Waals surface area contributed by atoms with Crippen molar-refractivity contribution in [1.29, 1.82) is 0 Å². The SMILES string of the molecule is COc1ncc(-c2ccn3nc(NC(=O)N[C@H](CO)C(C)C)cc3c2)cc1OC(F)F. The molecule has 0 saturated carbocycles. The second-order valence-corrected chi connectivity index (χ2v) is 7.06. The molecule has 0 radical (unpaired) electrons. The number of pyridine rings is 2. The molecule has 1 atom stereocenters. The number of fused-ring (bicyclic) bond motifs is 1. The molecule has 0 bridgehead atoms. The van der Waals surface area contributed by atoms with E-state index >= 15 is 0 Å². The predicted octanol–water partition coefficient (Wildman–Crippen LogP) is 3.14. The van der Waals surface area contributed by atoms with Crippen molar-refractivity contribution in [3.63, 3.8) is 0 Å². The summed E-state index contributed by atoms with van der Waals surface area (Å²) >= 11 is 0. The van der Waals surface area contributed by atoms with Gasteiger partial charge in [0.15, 0.2) is 11.6 Å². The van der Waals surface area contributed by atoms with E-state index in [1.165, 1.54) is 19.4 Å². The van der Waals surface area contributed by atoms with Crippen LogP contribution in [0.1, 0.15) is 13.8 Å². The number of ether oxygens (including phenoxy) is 2. The van der Waals surface area contributed by atoms with Gasteiger partial charge in [0.25, 0.3) is 5.88 Å². The van der Waals surface area contributed by atoms with Crippen LogP contribution in [-0.2, 0) is 0 Å². The molecule has 0 aliphatic rings. The minimum absolute atomic E-state index is 0.0467. The maximum absolute atomic E-state index is 12.7. The summed E-state index contributed by atoms with van der Waals surface area (Å²) in [6, 6.07) is 5.68. The molecule has 3 aromatic heterocycles. The van der Waals surface area contributed by atoms with Crippen LogP contribution in [0.2, 0.25) is 0 Å². The summed E-state index contributed by atoms with van der Waals surface area (Å²) in [5.41, 5.74) is 1.87. The Morgan fingerprint density at radius 3 is 2.68 bits per heavy atom. The van der Waals surface area contributed by atoms with Gasteiger partial charge in [-0.3, -0.25) is 5.32 Å². The molecule has 3 heterocycles. The summed E-state index contributed by atoms with van der Waals surface area (Å²) in [7, 11) is 1.31. The molecule has 0 fully saturated rings. The van der Waals surface area contributed by atoms with Gasteiger partial charge >= 0.3 is 12.6 Å². The zero-order valence-electron chi connectivity index (χ0n) is 17.2. The van der Waals surface area contributed by atoms with Crippen LogP contribution in [0, 0.1) is 5.92 Å². The Kier molecular flexibility index (Phi) is 6.85. The van der Waals surface area contributed by atoms with E-state index < -0.39 is 12.6 Å². The van der Waals surface area contributed by atoms with Crippen molar-refractivity contribution in [1.82, 2.24) is 19.9 Å². The van der Waals surface area contributed by atoms with E-state index in [0.29, 0.717) is 22.5 Å². The van der Waals surface area contributed by atoms with Crippen molar-refractivity contribution < 1.29 is 28.2 Å². The van der Waals surface area contributed by atoms with E-state index in [1.807, 2.05) is 13.8 Å². The number of carbonyl (C=O) groups excluding carboxylic acids is 1. The molecule has 166 valence electrons. The molecule has 0 spiro atoms. The highest BCUT2D eigenvalue weighted by Gasteiger charge is 2.17. The average Bonchev–Trinajstić information content (AvgIpc) is 3.12. The zero-order chi connectivity index (χ0) is 22.5. The van der Waals surface area contributed by atoms with Gasteiger partial charge < -0.3 is 19.9 Å². The van der Waals surface area contributed by atoms with Crippen molar-refractivity contribution >= 4 is 17.4 Å². The molecule has 0 unspecified atom stereocenters. The summed E-state index contributed by atoms with van der Waals surface area (Å²) in [6.07, 6.45) is 3.14. The highest BCUT2D eigenvalue weighted by molar-refractivity contribution is 5.89. The van der Waals surface area contributed by atoms with Crippen molar-refractivity contribution in [3.05, 3.63) is 36.7 Å². The van der Waals surface area contributed by atoms with Gasteiger partial charge in [-0.05, 0) is 29.7 Å². The quantitative estimate of drug-likeness (QED) is 0.502. The van der Waals surface area contributed by atoms with E-state index in [1.54, 1.807) is 28.9 Å². The van der Waals surface area contributed by atoms with Crippen LogP contribution in [0.15, 0.2) is 36.7 Å². The lowest BCUT2D eigenvalue weighted by Gasteiger charge is -2.19. The largest absolute Gasteiger partial charge is 0.478 e. The minimum Gasteiger partial charge on any atom is -0.478 e. The molecule has 0 saturated heterocycles. The first-order valence-electron chi connectivity index (χ1n) is 9.47. The number of anilines is 1. The lowest BCUT2D eigenvalue weighted by molar-refractivity contribution is -0.0515. The van der Waals surface area contributed by atoms with E-state index in [0.717, 1.165) is 0 Å². The van der Waals surface area contributed by atoms with Crippen LogP contribution in [0.5, 0.6) is 11.6 Å². The molecule has 0 aliphatic heterocycles. The van der Waals surface area contributed by atoms with Crippen molar-refractivity contribution in [2.45, 2.75) is 26.5 Å². The number of halogens is 2. The number of alkyl halides is 2. The molecule has 0 aromatic carbocycles. The Balaban J connectivity index is 1.82. The number of aliphatic hydroxyl groups excluding tert-OH is 1. The van der Waals surface area contributed by atoms with E-state index in [-0.39, 0.29) is 30.2 Å². The Morgan fingerprint density at radius 2 is 2.03 bits per heavy atom. The number of rotatable bonds is 8. The molecule has 3 aromatic rings. The maximum atomic E-state index is 12.7. The number of hydrogen-bond donors (Lipinski definition) is 3. The normalized spacial score (nSPS) is 12.3. The fourth-order valence-corrected chi connectivity index (χ4v) is 2.90. The predicted molar refractivity (Wildman–Crippen MR) is 109 cm³/mol. The maximum Gasteiger partial charge on any atom is 0.387 e. The van der Waals surface area contributed by atoms with Gasteiger partial charge in [0, 0.05) is 24.0 Å². The number of urea groups is 1. The third kappa shape index (κ3) is 5.37. The molecule has 9 nitrogen and oxygen atoms in total. The number of nitrogens with zero attached hydrogens (tertiary/aromatic N) is 3. The number of hydrogen-bond acceptors (Lipinski definition) is 6. The molecule has 3 rings (SSSR count). The van der Waals surface area contributed by atoms with E-state index in [4.69, 9.17) is 4.74 Å². The third-order valence-electron chi connectivity index (χ3n) is 4.58. The summed E-state index contributed by atoms with van der Waals surface area (Å²) in [4.78, 5) is 16.2. The van der Waals surface area contributed by atoms with Crippen LogP contribution in [0.3, 0.4) is 0 Å². The van der Waals surface area contributed by atoms with Crippen LogP contribution >= 0.6 is 0 Å². The van der Waals surface area contributed by atoms with Crippen LogP contribution in [0.4, 0.5) is 19.4 Å². The average molecular weight is 435 g/mol. The molecular formula is C20H23F2N5O4. The summed E-state index contributed by atoms with van der Waals surface area (Å²) in [5.74, 6) is 0.154. The third-order valence-corrected chi connectivity index (χ3v) is 4.58. The first-order valence-corrected chi connectivity index (χ1v) is 9.47. The van der Waals surface area contributed by atoms with Gasteiger partial charge in [-0.25, -0.2) is 14.3 Å². The summed E-state index contributed by atoms with van der Waals surface area (Å²) in [6.45, 7) is 0.593. The molecule has 2 amide bonds. The van der Waals surface area contributed by atoms with Crippen molar-refractivity contribution in [3.8, 4) is 22.8 Å². The number of aromatic nitrogens is 3. The lowest BCUT2D eigenvalue weighted by atomic mass is 10.1. The van der Waals surface area contributed by atoms with Crippen molar-refractivity contribution in [2.75, 3.05) is 19.0 Å². The van der Waals surface area contributed by atoms with Crippen LogP contribution in [0.25, 0.3) is 16.6 Å². The Bertz CT molecular complexity index is 1060. The second kappa shape index (κ2) is 9.56. The number of methoxy groups -OCH3 is 1. The van der Waals surface area contributed by atoms with Gasteiger partial charge in [0.2, 0.25) is 0 Å². The Hall–Kier alpha value is -3.47. The van der Waals surface area contributed by atoms with Crippen LogP contribution < -0.4 is 20.1 Å². The monoisotopic (exact) mass is 435 g/mol. The van der Waals surface area contributed by atoms with E-state index in [9.17, 15) is 18.7 Å². The van der Waals surface area contributed by atoms with Crippen molar-refractivity contribution in [2.24, 2.45) is 5.92 Å². The summed E-state index contributed by atoms with van der Waals surface area (Å²) in [5, 5.41) is 18.9. The number of carbonyl (C=O) groups is 1. The number of amides is 2. The molecule has 0 aliphatic carbocycles. The smallest absolute Gasteiger partial charge is 0.387 e. The lowest BCUT2D eigenvalue weighted by Crippen LogP contribution is -2.43. The molecular weight excluding hydrogens is 412 g/mol. The van der Waals surface area contributed by atoms with Gasteiger partial charge in [-0.2, -0.15) is 8.78 Å². The standard InChI is InChI=1S/C20H23F2N5O4/c1-11(2)15(10-28)24-20(29)25-17-8-14-6-12(4-5-27(14)26-17)13-7-16(31-19(21)22)18(30-3)23-9-13/h4-9,11,15,19,28H,10H2,1-3H3,(H2,24,25,26,29)/t15-/m1/s1. The zero-order valence-corrected chi connectivity index (χ0v) is 17.2. The first-order chi connectivity index (χ1) is 14.8. The fraction of sp³-hybridized carbons (Fsp3) is 0.350. The number of nitrogens with one attached hydrogen (secondary N) is 2. The summed E-state index contributed by atoms with van der Waals surface area (Å²) < 4.78 is 36.3. The number of aliphatic hydroxyl groups is 1. The molecule has 31 heavy (non-hydrogen) atoms. The topological polar surface area (TPSA) is 110 Å². The highest BCUT2D eigenvalue weighted by Crippen LogP contribution is 2.31. The van der Waals surface area contributed by atoms with Gasteiger partial charge in [0.05, 0.1) is 25.3 Å². The second-order valence-electron chi connectivity index (χ2n) is 7.06. The Morgan fingerprint density at radius 1 is 1.26 bits per heavy atom. The molecule has 3 N–H and O–H groups in total. The molecule has 11 heteroatoms. The van der Waals surface area contributed by atoms with Gasteiger partial charge in [-0.1, -0.05) is 13.8 Å². The van der Waals surface area contributed by atoms with Gasteiger partial charge in [-0.15, -0.1) is 5.10 Å². The Labute approximate surface area is 177 Å². The van der Waals surface area contributed by atoms with Gasteiger partial charge in [0.1, 0.15) is 0 Å². The highest BCUT2D eigenvalue weighted by atomic mass is 19.3. The minimum atomic E-state index is -3.01. The van der Waals surface area contributed by atoms with Crippen LogP contribution in [-0.4, -0.2) is 52.1 Å².